The van der Waals surface area contributed by atoms with Gasteiger partial charge in [0.15, 0.2) is 11.2 Å². The first-order valence-corrected chi connectivity index (χ1v) is 14.4. The van der Waals surface area contributed by atoms with Gasteiger partial charge in [-0.05, 0) is 40.5 Å². The molecule has 0 aliphatic heterocycles. The van der Waals surface area contributed by atoms with Crippen molar-refractivity contribution in [2.24, 2.45) is 0 Å². The summed E-state index contributed by atoms with van der Waals surface area (Å²) in [5.74, 6) is -4.75. The summed E-state index contributed by atoms with van der Waals surface area (Å²) in [5.41, 5.74) is -9.33. The molecular weight excluding hydrogens is 707 g/mol. The SMILES string of the molecule is N#CC(C#N)c1nc2c(-c3ccccc3C(F)(F)F)c3oc(C(C#N)C#N)nc3c(-c3ccccc3-c3ccc(C(F)(F)F)cc3C(F)(F)F)c2o1. The first-order valence-electron chi connectivity index (χ1n) is 14.4. The number of oxazole rings is 2. The lowest BCUT2D eigenvalue weighted by atomic mass is 9.88. The van der Waals surface area contributed by atoms with E-state index in [4.69, 9.17) is 8.83 Å². The van der Waals surface area contributed by atoms with Crippen molar-refractivity contribution in [3.63, 3.8) is 0 Å². The van der Waals surface area contributed by atoms with Crippen molar-refractivity contribution in [1.82, 2.24) is 9.97 Å². The van der Waals surface area contributed by atoms with E-state index in [9.17, 15) is 60.6 Å². The fraction of sp³-hybridized carbons (Fsp3) is 0.143. The van der Waals surface area contributed by atoms with Gasteiger partial charge in [-0.1, -0.05) is 48.5 Å². The maximum absolute atomic E-state index is 14.4. The van der Waals surface area contributed by atoms with Crippen LogP contribution in [0.3, 0.4) is 0 Å². The van der Waals surface area contributed by atoms with Crippen molar-refractivity contribution < 1.29 is 48.3 Å². The minimum absolute atomic E-state index is 0.0793. The number of halogens is 9. The largest absolute Gasteiger partial charge is 0.437 e. The Bertz CT molecular complexity index is 2460. The average Bonchev–Trinajstić information content (AvgIpc) is 3.72. The molecule has 6 rings (SSSR count). The second kappa shape index (κ2) is 12.5. The molecule has 0 aliphatic rings. The highest BCUT2D eigenvalue weighted by Gasteiger charge is 2.40. The predicted molar refractivity (Wildman–Crippen MR) is 161 cm³/mol. The Morgan fingerprint density at radius 1 is 0.500 bits per heavy atom. The predicted octanol–water partition coefficient (Wildman–Crippen LogP) is 10.3. The van der Waals surface area contributed by atoms with Crippen LogP contribution in [0.15, 0.2) is 75.6 Å². The van der Waals surface area contributed by atoms with Gasteiger partial charge in [0.05, 0.1) is 52.1 Å². The molecule has 4 aromatic carbocycles. The lowest BCUT2D eigenvalue weighted by Gasteiger charge is -2.19. The van der Waals surface area contributed by atoms with Crippen LogP contribution in [-0.4, -0.2) is 9.97 Å². The lowest BCUT2D eigenvalue weighted by Crippen LogP contribution is -2.12. The van der Waals surface area contributed by atoms with E-state index >= 15 is 0 Å². The van der Waals surface area contributed by atoms with Gasteiger partial charge in [-0.15, -0.1) is 0 Å². The summed E-state index contributed by atoms with van der Waals surface area (Å²) in [4.78, 5) is 8.41. The molecule has 0 spiro atoms. The van der Waals surface area contributed by atoms with E-state index < -0.39 is 97.7 Å². The van der Waals surface area contributed by atoms with Gasteiger partial charge in [-0.2, -0.15) is 60.6 Å². The molecule has 6 aromatic rings. The molecule has 0 N–H and O–H groups in total. The van der Waals surface area contributed by atoms with Gasteiger partial charge in [0, 0.05) is 0 Å². The zero-order chi connectivity index (χ0) is 37.7. The summed E-state index contributed by atoms with van der Waals surface area (Å²) >= 11 is 0. The van der Waals surface area contributed by atoms with Crippen LogP contribution in [0.1, 0.15) is 40.3 Å². The van der Waals surface area contributed by atoms with Gasteiger partial charge in [0.25, 0.3) is 0 Å². The monoisotopic (exact) mass is 720 g/mol. The average molecular weight is 721 g/mol. The summed E-state index contributed by atoms with van der Waals surface area (Å²) in [6.07, 6.45) is -15.5. The molecule has 0 bridgehead atoms. The normalized spacial score (nSPS) is 12.2. The third-order valence-electron chi connectivity index (χ3n) is 7.87. The number of hydrogen-bond donors (Lipinski definition) is 0. The summed E-state index contributed by atoms with van der Waals surface area (Å²) in [6.45, 7) is 0. The Hall–Kier alpha value is -6.85. The number of fused-ring (bicyclic) bond motifs is 2. The van der Waals surface area contributed by atoms with Crippen molar-refractivity contribution >= 4 is 22.2 Å². The number of aromatic nitrogens is 2. The molecule has 0 fully saturated rings. The van der Waals surface area contributed by atoms with Gasteiger partial charge in [0.1, 0.15) is 11.0 Å². The maximum Gasteiger partial charge on any atom is 0.417 e. The van der Waals surface area contributed by atoms with Gasteiger partial charge in [-0.25, -0.2) is 9.97 Å². The molecule has 0 aliphatic carbocycles. The van der Waals surface area contributed by atoms with E-state index in [1.165, 1.54) is 24.3 Å². The Balaban J connectivity index is 1.84. The van der Waals surface area contributed by atoms with Crippen molar-refractivity contribution in [3.8, 4) is 57.7 Å². The van der Waals surface area contributed by atoms with E-state index in [0.717, 1.165) is 24.3 Å². The number of nitrogens with zero attached hydrogens (tertiary/aromatic N) is 6. The zero-order valence-corrected chi connectivity index (χ0v) is 25.4. The second-order valence-corrected chi connectivity index (χ2v) is 10.9. The van der Waals surface area contributed by atoms with Crippen LogP contribution in [-0.2, 0) is 18.5 Å². The molecule has 2 heterocycles. The highest BCUT2D eigenvalue weighted by molar-refractivity contribution is 6.17. The number of hydrogen-bond acceptors (Lipinski definition) is 8. The van der Waals surface area contributed by atoms with Crippen molar-refractivity contribution in [2.75, 3.05) is 0 Å². The van der Waals surface area contributed by atoms with E-state index in [-0.39, 0.29) is 22.8 Å². The summed E-state index contributed by atoms with van der Waals surface area (Å²) in [6, 6.07) is 16.4. The quantitative estimate of drug-likeness (QED) is 0.160. The Kier molecular flexibility index (Phi) is 8.40. The van der Waals surface area contributed by atoms with Gasteiger partial charge < -0.3 is 8.83 Å². The smallest absolute Gasteiger partial charge is 0.417 e. The Morgan fingerprint density at radius 2 is 0.942 bits per heavy atom. The zero-order valence-electron chi connectivity index (χ0n) is 25.4. The van der Waals surface area contributed by atoms with Crippen molar-refractivity contribution in [3.05, 3.63) is 95.2 Å². The number of benzene rings is 4. The molecule has 17 heteroatoms. The molecule has 0 amide bonds. The second-order valence-electron chi connectivity index (χ2n) is 10.9. The van der Waals surface area contributed by atoms with E-state index in [1.54, 1.807) is 24.3 Å². The van der Waals surface area contributed by atoms with E-state index in [0.29, 0.717) is 12.1 Å². The minimum Gasteiger partial charge on any atom is -0.437 e. The van der Waals surface area contributed by atoms with Crippen molar-refractivity contribution in [2.45, 2.75) is 30.4 Å². The van der Waals surface area contributed by atoms with Crippen LogP contribution in [0.4, 0.5) is 39.5 Å². The first-order chi connectivity index (χ1) is 24.5. The van der Waals surface area contributed by atoms with Crippen LogP contribution < -0.4 is 0 Å². The van der Waals surface area contributed by atoms with E-state index in [1.807, 2.05) is 0 Å². The van der Waals surface area contributed by atoms with Crippen molar-refractivity contribution in [1.29, 1.82) is 21.0 Å². The highest BCUT2D eigenvalue weighted by atomic mass is 19.4. The molecule has 0 saturated heterocycles. The molecular formula is C35H13F9N6O2. The lowest BCUT2D eigenvalue weighted by molar-refractivity contribution is -0.143. The molecule has 52 heavy (non-hydrogen) atoms. The standard InChI is InChI=1S/C35H13F9N6O2/c36-33(37,38)18-9-10-20(24(11-18)35(42,43)44)19-5-1-2-6-21(19)25-27-30(52-31(49-27)16(12-45)13-46)26(22-7-3-4-8-23(22)34(39,40)41)28-29(25)51-32(50-28)17(14-47)15-48/h1-11,16-17H. The van der Waals surface area contributed by atoms with Gasteiger partial charge in [-0.3, -0.25) is 0 Å². The number of rotatable bonds is 5. The van der Waals surface area contributed by atoms with E-state index in [2.05, 4.69) is 9.97 Å². The minimum atomic E-state index is -5.33. The molecule has 258 valence electrons. The molecule has 0 atom stereocenters. The summed E-state index contributed by atoms with van der Waals surface area (Å²) < 4.78 is 139. The Labute approximate surface area is 284 Å². The molecule has 0 radical (unpaired) electrons. The fourth-order valence-corrected chi connectivity index (χ4v) is 5.67. The first kappa shape index (κ1) is 35.0. The highest BCUT2D eigenvalue weighted by Crippen LogP contribution is 2.50. The molecule has 2 aromatic heterocycles. The number of nitriles is 4. The molecule has 8 nitrogen and oxygen atoms in total. The summed E-state index contributed by atoms with van der Waals surface area (Å²) in [5, 5.41) is 38.4. The van der Waals surface area contributed by atoms with Gasteiger partial charge in [0.2, 0.25) is 23.6 Å². The molecule has 0 unspecified atom stereocenters. The topological polar surface area (TPSA) is 147 Å². The van der Waals surface area contributed by atoms with Crippen LogP contribution in [0.5, 0.6) is 0 Å². The third kappa shape index (κ3) is 5.88. The van der Waals surface area contributed by atoms with Crippen LogP contribution >= 0.6 is 0 Å². The van der Waals surface area contributed by atoms with Crippen LogP contribution in [0, 0.1) is 45.3 Å². The fourth-order valence-electron chi connectivity index (χ4n) is 5.67. The van der Waals surface area contributed by atoms with Crippen LogP contribution in [0.25, 0.3) is 55.6 Å². The number of alkyl halides is 9. The van der Waals surface area contributed by atoms with Crippen LogP contribution in [0.2, 0.25) is 0 Å². The maximum atomic E-state index is 14.4. The summed E-state index contributed by atoms with van der Waals surface area (Å²) in [7, 11) is 0. The van der Waals surface area contributed by atoms with Gasteiger partial charge >= 0.3 is 18.5 Å². The Morgan fingerprint density at radius 3 is 1.40 bits per heavy atom. The third-order valence-corrected chi connectivity index (χ3v) is 7.87. The molecule has 0 saturated carbocycles.